The first-order chi connectivity index (χ1) is 10.5. The third-order valence-electron chi connectivity index (χ3n) is 4.02. The number of benzene rings is 2. The van der Waals surface area contributed by atoms with Crippen molar-refractivity contribution >= 4 is 16.5 Å². The zero-order valence-corrected chi connectivity index (χ0v) is 13.7. The summed E-state index contributed by atoms with van der Waals surface area (Å²) < 4.78 is 0.481. The van der Waals surface area contributed by atoms with Crippen molar-refractivity contribution in [1.29, 1.82) is 0 Å². The molecule has 0 aromatic heterocycles. The number of likely N-dealkylation sites (N-methyl/N-ethyl adjacent to an activating group) is 1. The minimum Gasteiger partial charge on any atom is -1.00 e. The Labute approximate surface area is 141 Å². The van der Waals surface area contributed by atoms with Crippen molar-refractivity contribution in [2.45, 2.75) is 6.54 Å². The topological polar surface area (TPSA) is 83.6 Å². The van der Waals surface area contributed by atoms with Crippen molar-refractivity contribution in [3.05, 3.63) is 52.1 Å². The Hall–Kier alpha value is -1.73. The van der Waals surface area contributed by atoms with Crippen molar-refractivity contribution in [2.75, 3.05) is 33.4 Å². The predicted octanol–water partition coefficient (Wildman–Crippen LogP) is -1.32. The van der Waals surface area contributed by atoms with Gasteiger partial charge in [0.2, 0.25) is 0 Å². The van der Waals surface area contributed by atoms with Gasteiger partial charge >= 0.3 is 0 Å². The number of halogens is 1. The van der Waals surface area contributed by atoms with E-state index in [2.05, 4.69) is 0 Å². The minimum absolute atomic E-state index is 0. The first-order valence-corrected chi connectivity index (χ1v) is 7.21. The van der Waals surface area contributed by atoms with Crippen LogP contribution >= 0.6 is 0 Å². The normalized spacial score (nSPS) is 11.3. The number of hydrogen-bond acceptors (Lipinski definition) is 4. The predicted molar refractivity (Wildman–Crippen MR) is 84.4 cm³/mol. The highest BCUT2D eigenvalue weighted by Gasteiger charge is 2.23. The second-order valence-corrected chi connectivity index (χ2v) is 5.72. The molecular weight excluding hydrogens is 320 g/mol. The van der Waals surface area contributed by atoms with E-state index in [-0.39, 0.29) is 36.2 Å². The molecule has 7 heteroatoms. The summed E-state index contributed by atoms with van der Waals surface area (Å²) in [5.41, 5.74) is 1.07. The van der Waals surface area contributed by atoms with Crippen LogP contribution in [0, 0.1) is 10.1 Å². The molecule has 23 heavy (non-hydrogen) atoms. The second-order valence-electron chi connectivity index (χ2n) is 5.72. The first-order valence-electron chi connectivity index (χ1n) is 7.21. The van der Waals surface area contributed by atoms with Crippen molar-refractivity contribution in [2.24, 2.45) is 0 Å². The van der Waals surface area contributed by atoms with Gasteiger partial charge < -0.3 is 27.1 Å². The maximum absolute atomic E-state index is 11.2. The molecule has 0 saturated heterocycles. The summed E-state index contributed by atoms with van der Waals surface area (Å²) in [5, 5.41) is 31.1. The van der Waals surface area contributed by atoms with Gasteiger partial charge in [-0.1, -0.05) is 24.3 Å². The van der Waals surface area contributed by atoms with E-state index in [1.165, 1.54) is 6.07 Å². The molecule has 0 aliphatic carbocycles. The van der Waals surface area contributed by atoms with Gasteiger partial charge in [-0.15, -0.1) is 0 Å². The van der Waals surface area contributed by atoms with E-state index in [1.54, 1.807) is 12.1 Å². The molecule has 2 aromatic carbocycles. The van der Waals surface area contributed by atoms with Gasteiger partial charge in [-0.05, 0) is 11.5 Å². The number of rotatable bonds is 7. The fourth-order valence-electron chi connectivity index (χ4n) is 2.82. The lowest BCUT2D eigenvalue weighted by molar-refractivity contribution is -0.923. The Morgan fingerprint density at radius 3 is 2.17 bits per heavy atom. The average molecular weight is 341 g/mol. The van der Waals surface area contributed by atoms with Crippen molar-refractivity contribution in [1.82, 2.24) is 0 Å². The lowest BCUT2D eigenvalue weighted by Crippen LogP contribution is -3.00. The second kappa shape index (κ2) is 8.21. The Morgan fingerprint density at radius 1 is 1.04 bits per heavy atom. The summed E-state index contributed by atoms with van der Waals surface area (Å²) in [6, 6.07) is 10.6. The smallest absolute Gasteiger partial charge is 0.277 e. The number of quaternary nitrogens is 1. The van der Waals surface area contributed by atoms with Gasteiger partial charge in [-0.2, -0.15) is 0 Å². The number of fused-ring (bicyclic) bond motifs is 1. The quantitative estimate of drug-likeness (QED) is 0.372. The van der Waals surface area contributed by atoms with Crippen LogP contribution < -0.4 is 12.4 Å². The van der Waals surface area contributed by atoms with Crippen LogP contribution in [-0.2, 0) is 6.54 Å². The molecule has 2 N–H and O–H groups in total. The lowest BCUT2D eigenvalue weighted by atomic mass is 10.0. The van der Waals surface area contributed by atoms with Gasteiger partial charge in [0.1, 0.15) is 19.6 Å². The molecule has 0 amide bonds. The number of nitro groups is 1. The Bertz CT molecular complexity index is 672. The van der Waals surface area contributed by atoms with E-state index < -0.39 is 0 Å². The van der Waals surface area contributed by atoms with Crippen molar-refractivity contribution in [3.63, 3.8) is 0 Å². The lowest BCUT2D eigenvalue weighted by Gasteiger charge is -2.33. The third-order valence-corrected chi connectivity index (χ3v) is 4.02. The summed E-state index contributed by atoms with van der Waals surface area (Å²) in [7, 11) is 1.96. The van der Waals surface area contributed by atoms with Gasteiger partial charge in [0.05, 0.1) is 30.6 Å². The SMILES string of the molecule is C[N+](CCO)(CCO)Cc1cccc2c([N+](=O)[O-])cccc12.[Cl-]. The summed E-state index contributed by atoms with van der Waals surface area (Å²) in [6.07, 6.45) is 0. The largest absolute Gasteiger partial charge is 1.00 e. The zero-order valence-electron chi connectivity index (χ0n) is 13.0. The van der Waals surface area contributed by atoms with Crippen LogP contribution in [0.5, 0.6) is 0 Å². The molecule has 0 bridgehead atoms. The molecule has 0 unspecified atom stereocenters. The molecule has 0 saturated carbocycles. The van der Waals surface area contributed by atoms with E-state index in [1.807, 2.05) is 25.2 Å². The van der Waals surface area contributed by atoms with E-state index in [0.717, 1.165) is 10.9 Å². The molecule has 0 radical (unpaired) electrons. The van der Waals surface area contributed by atoms with Crippen LogP contribution in [0.15, 0.2) is 36.4 Å². The van der Waals surface area contributed by atoms with Crippen LogP contribution in [-0.4, -0.2) is 53.0 Å². The molecule has 0 atom stereocenters. The number of aliphatic hydroxyl groups excluding tert-OH is 2. The number of non-ortho nitro benzene ring substituents is 1. The number of aliphatic hydroxyl groups is 2. The Morgan fingerprint density at radius 2 is 1.61 bits per heavy atom. The number of hydrogen-bond donors (Lipinski definition) is 2. The van der Waals surface area contributed by atoms with Gasteiger partial charge in [0.15, 0.2) is 0 Å². The molecule has 2 aromatic rings. The maximum atomic E-state index is 11.2. The molecule has 0 spiro atoms. The van der Waals surface area contributed by atoms with E-state index in [9.17, 15) is 20.3 Å². The number of nitro benzene ring substituents is 1. The monoisotopic (exact) mass is 340 g/mol. The number of nitrogens with zero attached hydrogens (tertiary/aromatic N) is 2. The van der Waals surface area contributed by atoms with Crippen molar-refractivity contribution in [3.8, 4) is 0 Å². The fraction of sp³-hybridized carbons (Fsp3) is 0.375. The minimum atomic E-state index is -0.373. The van der Waals surface area contributed by atoms with E-state index in [4.69, 9.17) is 0 Å². The first kappa shape index (κ1) is 19.3. The van der Waals surface area contributed by atoms with Gasteiger partial charge in [-0.25, -0.2) is 0 Å². The summed E-state index contributed by atoms with van der Waals surface area (Å²) >= 11 is 0. The summed E-state index contributed by atoms with van der Waals surface area (Å²) in [6.45, 7) is 1.69. The highest BCUT2D eigenvalue weighted by atomic mass is 35.5. The zero-order chi connectivity index (χ0) is 16.2. The molecule has 126 valence electrons. The Balaban J connectivity index is 0.00000264. The van der Waals surface area contributed by atoms with Crippen molar-refractivity contribution < 1.29 is 32.0 Å². The molecule has 6 nitrogen and oxygen atoms in total. The standard InChI is InChI=1S/C16H21N2O4.ClH/c1-18(8-10-19,9-11-20)12-13-4-2-6-15-14(13)5-3-7-16(15)17(21)22;/h2-7,19-20H,8-12H2,1H3;1H/q+1;/p-1. The average Bonchev–Trinajstić information content (AvgIpc) is 2.47. The Kier molecular flexibility index (Phi) is 6.90. The van der Waals surface area contributed by atoms with E-state index in [0.29, 0.717) is 29.5 Å². The molecule has 0 fully saturated rings. The highest BCUT2D eigenvalue weighted by Crippen LogP contribution is 2.29. The molecular formula is C16H21ClN2O4. The van der Waals surface area contributed by atoms with Gasteiger partial charge in [-0.3, -0.25) is 10.1 Å². The third kappa shape index (κ3) is 4.39. The summed E-state index contributed by atoms with van der Waals surface area (Å²) in [5.74, 6) is 0. The maximum Gasteiger partial charge on any atom is 0.277 e. The van der Waals surface area contributed by atoms with Crippen LogP contribution in [0.2, 0.25) is 0 Å². The van der Waals surface area contributed by atoms with Crippen LogP contribution in [0.1, 0.15) is 5.56 Å². The summed E-state index contributed by atoms with van der Waals surface area (Å²) in [4.78, 5) is 10.8. The molecule has 2 rings (SSSR count). The molecule has 0 heterocycles. The fourth-order valence-corrected chi connectivity index (χ4v) is 2.82. The van der Waals surface area contributed by atoms with Crippen LogP contribution in [0.25, 0.3) is 10.8 Å². The van der Waals surface area contributed by atoms with Crippen LogP contribution in [0.3, 0.4) is 0 Å². The molecule has 0 aliphatic rings. The highest BCUT2D eigenvalue weighted by molar-refractivity contribution is 5.93. The van der Waals surface area contributed by atoms with E-state index >= 15 is 0 Å². The van der Waals surface area contributed by atoms with Crippen LogP contribution in [0.4, 0.5) is 5.69 Å². The molecule has 0 aliphatic heterocycles. The van der Waals surface area contributed by atoms with Gasteiger partial charge in [0, 0.05) is 11.6 Å². The van der Waals surface area contributed by atoms with Gasteiger partial charge in [0.25, 0.3) is 5.69 Å².